The molecule has 18 heavy (non-hydrogen) atoms. The summed E-state index contributed by atoms with van der Waals surface area (Å²) >= 11 is 9.35. The third-order valence-corrected chi connectivity index (χ3v) is 4.00. The van der Waals surface area contributed by atoms with Crippen molar-refractivity contribution in [1.29, 1.82) is 0 Å². The van der Waals surface area contributed by atoms with Crippen LogP contribution in [0.15, 0.2) is 16.6 Å². The van der Waals surface area contributed by atoms with Gasteiger partial charge in [0, 0.05) is 28.9 Å². The Morgan fingerprint density at radius 1 is 1.44 bits per heavy atom. The first kappa shape index (κ1) is 14.2. The SMILES string of the molecule is CCN(CCCCl)Cc1cc(Br)cc2c1OCC2. The molecule has 100 valence electrons. The average Bonchev–Trinajstić information content (AvgIpc) is 2.82. The van der Waals surface area contributed by atoms with E-state index in [2.05, 4.69) is 39.9 Å². The zero-order chi connectivity index (χ0) is 13.0. The minimum absolute atomic E-state index is 0.726. The van der Waals surface area contributed by atoms with Gasteiger partial charge in [-0.1, -0.05) is 22.9 Å². The minimum atomic E-state index is 0.726. The maximum Gasteiger partial charge on any atom is 0.127 e. The van der Waals surface area contributed by atoms with E-state index in [9.17, 15) is 0 Å². The second-order valence-corrected chi connectivity index (χ2v) is 5.86. The van der Waals surface area contributed by atoms with Crippen molar-refractivity contribution in [2.24, 2.45) is 0 Å². The second-order valence-electron chi connectivity index (χ2n) is 4.56. The van der Waals surface area contributed by atoms with E-state index in [0.717, 1.165) is 55.2 Å². The largest absolute Gasteiger partial charge is 0.493 e. The van der Waals surface area contributed by atoms with Crippen LogP contribution in [0.25, 0.3) is 0 Å². The van der Waals surface area contributed by atoms with Crippen LogP contribution in [0.5, 0.6) is 5.75 Å². The lowest BCUT2D eigenvalue weighted by Gasteiger charge is -2.21. The van der Waals surface area contributed by atoms with Gasteiger partial charge in [0.1, 0.15) is 5.75 Å². The standard InChI is InChI=1S/C14H19BrClNO/c1-2-17(6-3-5-16)10-12-9-13(15)8-11-4-7-18-14(11)12/h8-9H,2-7,10H2,1H3. The van der Waals surface area contributed by atoms with Gasteiger partial charge in [0.05, 0.1) is 6.61 Å². The van der Waals surface area contributed by atoms with Crippen molar-refractivity contribution in [1.82, 2.24) is 4.90 Å². The summed E-state index contributed by atoms with van der Waals surface area (Å²) in [6.45, 7) is 6.02. The van der Waals surface area contributed by atoms with Gasteiger partial charge in [-0.05, 0) is 37.2 Å². The predicted octanol–water partition coefficient (Wildman–Crippen LogP) is 3.83. The monoisotopic (exact) mass is 331 g/mol. The molecule has 1 aromatic carbocycles. The number of rotatable bonds is 6. The number of halogens is 2. The van der Waals surface area contributed by atoms with Crippen molar-refractivity contribution >= 4 is 27.5 Å². The first-order valence-electron chi connectivity index (χ1n) is 6.47. The highest BCUT2D eigenvalue weighted by Gasteiger charge is 2.18. The van der Waals surface area contributed by atoms with Crippen molar-refractivity contribution in [2.45, 2.75) is 26.3 Å². The van der Waals surface area contributed by atoms with E-state index in [0.29, 0.717) is 0 Å². The molecule has 0 atom stereocenters. The summed E-state index contributed by atoms with van der Waals surface area (Å²) in [6.07, 6.45) is 2.06. The van der Waals surface area contributed by atoms with Gasteiger partial charge >= 0.3 is 0 Å². The number of alkyl halides is 1. The fourth-order valence-corrected chi connectivity index (χ4v) is 3.01. The molecule has 0 amide bonds. The van der Waals surface area contributed by atoms with Crippen LogP contribution in [0.4, 0.5) is 0 Å². The van der Waals surface area contributed by atoms with Gasteiger partial charge in [-0.3, -0.25) is 4.90 Å². The van der Waals surface area contributed by atoms with Gasteiger partial charge < -0.3 is 4.74 Å². The molecule has 0 radical (unpaired) electrons. The molecule has 1 aromatic rings. The quantitative estimate of drug-likeness (QED) is 0.734. The van der Waals surface area contributed by atoms with Crippen molar-refractivity contribution in [2.75, 3.05) is 25.6 Å². The Morgan fingerprint density at radius 3 is 3.00 bits per heavy atom. The lowest BCUT2D eigenvalue weighted by molar-refractivity contribution is 0.273. The minimum Gasteiger partial charge on any atom is -0.493 e. The fourth-order valence-electron chi connectivity index (χ4n) is 2.34. The molecule has 4 heteroatoms. The normalized spacial score (nSPS) is 13.8. The summed E-state index contributed by atoms with van der Waals surface area (Å²) in [5, 5.41) is 0. The summed E-state index contributed by atoms with van der Waals surface area (Å²) in [5.41, 5.74) is 2.61. The number of hydrogen-bond donors (Lipinski definition) is 0. The lowest BCUT2D eigenvalue weighted by atomic mass is 10.1. The van der Waals surface area contributed by atoms with E-state index in [1.165, 1.54) is 11.1 Å². The number of hydrogen-bond acceptors (Lipinski definition) is 2. The third kappa shape index (κ3) is 3.40. The number of fused-ring (bicyclic) bond motifs is 1. The number of nitrogens with zero attached hydrogens (tertiary/aromatic N) is 1. The molecule has 0 spiro atoms. The van der Waals surface area contributed by atoms with Crippen LogP contribution < -0.4 is 4.74 Å². The second kappa shape index (κ2) is 6.78. The zero-order valence-electron chi connectivity index (χ0n) is 10.7. The Balaban J connectivity index is 2.12. The van der Waals surface area contributed by atoms with Crippen LogP contribution >= 0.6 is 27.5 Å². The van der Waals surface area contributed by atoms with Crippen molar-refractivity contribution < 1.29 is 4.74 Å². The van der Waals surface area contributed by atoms with E-state index >= 15 is 0 Å². The average molecular weight is 333 g/mol. The molecule has 2 rings (SSSR count). The smallest absolute Gasteiger partial charge is 0.127 e. The first-order valence-corrected chi connectivity index (χ1v) is 7.79. The van der Waals surface area contributed by atoms with Gasteiger partial charge in [-0.25, -0.2) is 0 Å². The molecule has 0 saturated carbocycles. The molecule has 0 fully saturated rings. The molecule has 0 saturated heterocycles. The van der Waals surface area contributed by atoms with Crippen LogP contribution in [0.3, 0.4) is 0 Å². The molecular weight excluding hydrogens is 314 g/mol. The van der Waals surface area contributed by atoms with Crippen molar-refractivity contribution in [3.8, 4) is 5.75 Å². The van der Waals surface area contributed by atoms with Gasteiger partial charge in [-0.2, -0.15) is 0 Å². The predicted molar refractivity (Wildman–Crippen MR) is 79.6 cm³/mol. The maximum absolute atomic E-state index is 5.77. The summed E-state index contributed by atoms with van der Waals surface area (Å²) < 4.78 is 6.91. The maximum atomic E-state index is 5.77. The molecule has 2 nitrogen and oxygen atoms in total. The Labute approximate surface area is 122 Å². The van der Waals surface area contributed by atoms with Crippen LogP contribution in [-0.4, -0.2) is 30.5 Å². The number of ether oxygens (including phenoxy) is 1. The van der Waals surface area contributed by atoms with Crippen LogP contribution in [0.2, 0.25) is 0 Å². The van der Waals surface area contributed by atoms with Gasteiger partial charge in [0.25, 0.3) is 0 Å². The van der Waals surface area contributed by atoms with Gasteiger partial charge in [-0.15, -0.1) is 11.6 Å². The van der Waals surface area contributed by atoms with E-state index in [1.54, 1.807) is 0 Å². The molecule has 0 bridgehead atoms. The molecule has 0 unspecified atom stereocenters. The summed E-state index contributed by atoms with van der Waals surface area (Å²) in [4.78, 5) is 2.41. The van der Waals surface area contributed by atoms with Gasteiger partial charge in [0.15, 0.2) is 0 Å². The van der Waals surface area contributed by atoms with Crippen LogP contribution in [-0.2, 0) is 13.0 Å². The Bertz CT molecular complexity index is 411. The highest BCUT2D eigenvalue weighted by Crippen LogP contribution is 2.33. The van der Waals surface area contributed by atoms with Crippen molar-refractivity contribution in [3.63, 3.8) is 0 Å². The summed E-state index contributed by atoms with van der Waals surface area (Å²) in [6, 6.07) is 4.34. The zero-order valence-corrected chi connectivity index (χ0v) is 13.1. The van der Waals surface area contributed by atoms with Gasteiger partial charge in [0.2, 0.25) is 0 Å². The Kier molecular flexibility index (Phi) is 5.34. The topological polar surface area (TPSA) is 12.5 Å². The van der Waals surface area contributed by atoms with Crippen LogP contribution in [0.1, 0.15) is 24.5 Å². The van der Waals surface area contributed by atoms with E-state index in [1.807, 2.05) is 0 Å². The lowest BCUT2D eigenvalue weighted by Crippen LogP contribution is -2.24. The van der Waals surface area contributed by atoms with Crippen molar-refractivity contribution in [3.05, 3.63) is 27.7 Å². The molecule has 0 aliphatic carbocycles. The van der Waals surface area contributed by atoms with Crippen LogP contribution in [0, 0.1) is 0 Å². The van der Waals surface area contributed by atoms with E-state index in [-0.39, 0.29) is 0 Å². The molecule has 1 aliphatic rings. The fraction of sp³-hybridized carbons (Fsp3) is 0.571. The highest BCUT2D eigenvalue weighted by atomic mass is 79.9. The van der Waals surface area contributed by atoms with E-state index in [4.69, 9.17) is 16.3 Å². The Morgan fingerprint density at radius 2 is 2.28 bits per heavy atom. The summed E-state index contributed by atoms with van der Waals surface area (Å²) in [5.74, 6) is 1.83. The first-order chi connectivity index (χ1) is 8.74. The molecular formula is C14H19BrClNO. The Hall–Kier alpha value is -0.250. The molecule has 1 aliphatic heterocycles. The van der Waals surface area contributed by atoms with E-state index < -0.39 is 0 Å². The molecule has 0 aromatic heterocycles. The number of benzene rings is 1. The highest BCUT2D eigenvalue weighted by molar-refractivity contribution is 9.10. The molecule has 1 heterocycles. The third-order valence-electron chi connectivity index (χ3n) is 3.27. The summed E-state index contributed by atoms with van der Waals surface area (Å²) in [7, 11) is 0. The molecule has 0 N–H and O–H groups in total.